The van der Waals surface area contributed by atoms with Gasteiger partial charge in [0.1, 0.15) is 17.6 Å². The Kier molecular flexibility index (Phi) is 10.1. The molecular weight excluding hydrogens is 534 g/mol. The minimum atomic E-state index is -1.12. The molecule has 1 aromatic rings. The van der Waals surface area contributed by atoms with Gasteiger partial charge in [-0.25, -0.2) is 0 Å². The molecule has 2 unspecified atom stereocenters. The summed E-state index contributed by atoms with van der Waals surface area (Å²) in [6.45, 7) is 16.3. The van der Waals surface area contributed by atoms with Gasteiger partial charge in [0.05, 0.1) is 18.1 Å². The van der Waals surface area contributed by atoms with Crippen LogP contribution in [0, 0.1) is 11.8 Å². The largest absolute Gasteiger partial charge is 0.465 e. The monoisotopic (exact) mass is 581 g/mol. The van der Waals surface area contributed by atoms with Crippen LogP contribution in [0.5, 0.6) is 0 Å². The summed E-state index contributed by atoms with van der Waals surface area (Å²) in [6, 6.07) is 6.99. The number of hydrogen-bond acceptors (Lipinski definition) is 7. The van der Waals surface area contributed by atoms with Gasteiger partial charge in [0.2, 0.25) is 5.91 Å². The van der Waals surface area contributed by atoms with E-state index >= 15 is 0 Å². The van der Waals surface area contributed by atoms with Crippen molar-refractivity contribution in [1.29, 1.82) is 0 Å². The van der Waals surface area contributed by atoms with Gasteiger partial charge in [0.15, 0.2) is 0 Å². The number of amides is 2. The molecule has 1 spiro atoms. The number of nitrogens with zero attached hydrogens (tertiary/aromatic N) is 3. The second-order valence-corrected chi connectivity index (χ2v) is 11.7. The van der Waals surface area contributed by atoms with Crippen molar-refractivity contribution in [2.75, 3.05) is 49.2 Å². The number of esters is 1. The summed E-state index contributed by atoms with van der Waals surface area (Å²) in [7, 11) is 0. The minimum Gasteiger partial charge on any atom is -0.465 e. The Morgan fingerprint density at radius 2 is 1.79 bits per heavy atom. The highest BCUT2D eigenvalue weighted by molar-refractivity contribution is 6.05. The van der Waals surface area contributed by atoms with Crippen LogP contribution >= 0.6 is 0 Å². The highest BCUT2D eigenvalue weighted by Crippen LogP contribution is 2.63. The maximum absolute atomic E-state index is 14.7. The van der Waals surface area contributed by atoms with Gasteiger partial charge in [-0.15, -0.1) is 13.2 Å². The SMILES string of the molecule is C=CCCOC(=O)[C@H]1[C@H]2C(=O)N(CCCCCO)C(C(=O)N(CC=C)c3ccc(N(CC)CC)cc3)C23CC[C@]1(C)O3. The van der Waals surface area contributed by atoms with E-state index in [-0.39, 0.29) is 31.6 Å². The topological polar surface area (TPSA) is 99.6 Å². The molecule has 5 atom stereocenters. The third-order valence-corrected chi connectivity index (χ3v) is 9.26. The Morgan fingerprint density at radius 3 is 2.40 bits per heavy atom. The highest BCUT2D eigenvalue weighted by atomic mass is 16.6. The van der Waals surface area contributed by atoms with Crippen LogP contribution in [-0.2, 0) is 23.9 Å². The molecule has 1 N–H and O–H groups in total. The van der Waals surface area contributed by atoms with E-state index in [0.717, 1.165) is 18.8 Å². The molecule has 0 aromatic heterocycles. The number of benzene rings is 1. The normalized spacial score (nSPS) is 27.6. The van der Waals surface area contributed by atoms with E-state index in [4.69, 9.17) is 9.47 Å². The summed E-state index contributed by atoms with van der Waals surface area (Å²) < 4.78 is 12.3. The number of unbranched alkanes of at least 4 members (excludes halogenated alkanes) is 2. The molecule has 2 bridgehead atoms. The molecule has 3 aliphatic rings. The molecular formula is C33H47N3O6. The number of aliphatic hydroxyl groups excluding tert-OH is 1. The van der Waals surface area contributed by atoms with Gasteiger partial charge in [-0.3, -0.25) is 14.4 Å². The van der Waals surface area contributed by atoms with Crippen LogP contribution in [0.15, 0.2) is 49.6 Å². The Labute approximate surface area is 250 Å². The number of aliphatic hydroxyl groups is 1. The number of ether oxygens (including phenoxy) is 2. The number of carbonyl (C=O) groups excluding carboxylic acids is 3. The van der Waals surface area contributed by atoms with E-state index in [2.05, 4.69) is 31.9 Å². The third kappa shape index (κ3) is 5.61. The smallest absolute Gasteiger partial charge is 0.312 e. The summed E-state index contributed by atoms with van der Waals surface area (Å²) in [5.41, 5.74) is -0.231. The number of fused-ring (bicyclic) bond motifs is 1. The van der Waals surface area contributed by atoms with Crippen molar-refractivity contribution in [2.24, 2.45) is 11.8 Å². The first-order valence-corrected chi connectivity index (χ1v) is 15.4. The molecule has 3 fully saturated rings. The molecule has 2 amide bonds. The molecule has 230 valence electrons. The molecule has 3 saturated heterocycles. The maximum Gasteiger partial charge on any atom is 0.312 e. The molecule has 9 nitrogen and oxygen atoms in total. The van der Waals surface area contributed by atoms with Crippen molar-refractivity contribution >= 4 is 29.2 Å². The zero-order valence-electron chi connectivity index (χ0n) is 25.4. The van der Waals surface area contributed by atoms with E-state index < -0.39 is 35.0 Å². The molecule has 3 heterocycles. The van der Waals surface area contributed by atoms with Crippen LogP contribution in [0.25, 0.3) is 0 Å². The number of anilines is 2. The summed E-state index contributed by atoms with van der Waals surface area (Å²) in [4.78, 5) is 47.8. The quantitative estimate of drug-likeness (QED) is 0.178. The van der Waals surface area contributed by atoms with Crippen molar-refractivity contribution in [3.63, 3.8) is 0 Å². The molecule has 1 aromatic carbocycles. The van der Waals surface area contributed by atoms with E-state index in [0.29, 0.717) is 50.8 Å². The Morgan fingerprint density at radius 1 is 1.10 bits per heavy atom. The van der Waals surface area contributed by atoms with Crippen LogP contribution in [0.2, 0.25) is 0 Å². The fourth-order valence-corrected chi connectivity index (χ4v) is 7.24. The third-order valence-electron chi connectivity index (χ3n) is 9.26. The fourth-order valence-electron chi connectivity index (χ4n) is 7.24. The predicted octanol–water partition coefficient (Wildman–Crippen LogP) is 4.10. The summed E-state index contributed by atoms with van der Waals surface area (Å²) in [6.07, 6.45) is 6.90. The van der Waals surface area contributed by atoms with Crippen LogP contribution in [0.4, 0.5) is 11.4 Å². The molecule has 9 heteroatoms. The second kappa shape index (κ2) is 13.4. The maximum atomic E-state index is 14.7. The van der Waals surface area contributed by atoms with Gasteiger partial charge in [0, 0.05) is 44.2 Å². The van der Waals surface area contributed by atoms with Crippen molar-refractivity contribution in [3.8, 4) is 0 Å². The molecule has 4 rings (SSSR count). The standard InChI is InChI=1S/C33H47N3O6/c1-6-10-23-41-31(40)27-26-29(38)36(21-12-11-13-22-37)28(33(26)19-18-32(27,5)42-33)30(39)35(20-7-2)25-16-14-24(15-17-25)34(8-3)9-4/h6-7,14-17,26-28,37H,1-2,8-13,18-23H2,3-5H3/t26-,27+,28?,32-,33?/m0/s1. The Bertz CT molecular complexity index is 1150. The van der Waals surface area contributed by atoms with Crippen LogP contribution < -0.4 is 9.80 Å². The van der Waals surface area contributed by atoms with E-state index in [1.54, 1.807) is 22.0 Å². The van der Waals surface area contributed by atoms with Gasteiger partial charge in [-0.2, -0.15) is 0 Å². The van der Waals surface area contributed by atoms with Gasteiger partial charge in [0.25, 0.3) is 5.91 Å². The number of rotatable bonds is 16. The first-order chi connectivity index (χ1) is 20.2. The number of carbonyl (C=O) groups is 3. The Hall–Kier alpha value is -3.17. The average molecular weight is 582 g/mol. The van der Waals surface area contributed by atoms with Crippen molar-refractivity contribution in [3.05, 3.63) is 49.6 Å². The molecule has 0 aliphatic carbocycles. The summed E-state index contributed by atoms with van der Waals surface area (Å²) >= 11 is 0. The van der Waals surface area contributed by atoms with Gasteiger partial charge in [-0.1, -0.05) is 12.2 Å². The summed E-state index contributed by atoms with van der Waals surface area (Å²) in [5, 5.41) is 9.29. The molecule has 3 aliphatic heterocycles. The first-order valence-electron chi connectivity index (χ1n) is 15.4. The lowest BCUT2D eigenvalue weighted by molar-refractivity contribution is -0.159. The van der Waals surface area contributed by atoms with Crippen molar-refractivity contribution in [2.45, 2.75) is 76.5 Å². The van der Waals surface area contributed by atoms with E-state index in [1.165, 1.54) is 0 Å². The zero-order chi connectivity index (χ0) is 30.5. The second-order valence-electron chi connectivity index (χ2n) is 11.7. The van der Waals surface area contributed by atoms with Gasteiger partial charge >= 0.3 is 5.97 Å². The molecule has 42 heavy (non-hydrogen) atoms. The average Bonchev–Trinajstić information content (AvgIpc) is 3.55. The van der Waals surface area contributed by atoms with Gasteiger partial charge < -0.3 is 29.3 Å². The van der Waals surface area contributed by atoms with Gasteiger partial charge in [-0.05, 0) is 83.6 Å². The minimum absolute atomic E-state index is 0.0690. The lowest BCUT2D eigenvalue weighted by atomic mass is 9.66. The Balaban J connectivity index is 1.71. The molecule has 0 saturated carbocycles. The predicted molar refractivity (Wildman–Crippen MR) is 163 cm³/mol. The van der Waals surface area contributed by atoms with Crippen LogP contribution in [0.3, 0.4) is 0 Å². The fraction of sp³-hybridized carbons (Fsp3) is 0.606. The van der Waals surface area contributed by atoms with Crippen molar-refractivity contribution in [1.82, 2.24) is 4.90 Å². The number of hydrogen-bond donors (Lipinski definition) is 1. The van der Waals surface area contributed by atoms with E-state index in [9.17, 15) is 19.5 Å². The summed E-state index contributed by atoms with van der Waals surface area (Å²) in [5.74, 6) is -2.52. The lowest BCUT2D eigenvalue weighted by Gasteiger charge is -2.37. The zero-order valence-corrected chi connectivity index (χ0v) is 25.4. The number of likely N-dealkylation sites (tertiary alicyclic amines) is 1. The highest BCUT2D eigenvalue weighted by Gasteiger charge is 2.78. The van der Waals surface area contributed by atoms with E-state index in [1.807, 2.05) is 31.2 Å². The molecule has 0 radical (unpaired) electrons. The van der Waals surface area contributed by atoms with Crippen molar-refractivity contribution < 1.29 is 29.0 Å². The first kappa shape index (κ1) is 31.8. The van der Waals surface area contributed by atoms with Crippen LogP contribution in [-0.4, -0.2) is 84.4 Å². The van der Waals surface area contributed by atoms with Crippen LogP contribution in [0.1, 0.15) is 59.3 Å². The lowest BCUT2D eigenvalue weighted by Crippen LogP contribution is -2.56.